The zero-order valence-electron chi connectivity index (χ0n) is 12.8. The third-order valence-electron chi connectivity index (χ3n) is 4.30. The van der Waals surface area contributed by atoms with Crippen LogP contribution < -0.4 is 0 Å². The Balaban J connectivity index is 2.05. The van der Waals surface area contributed by atoms with Gasteiger partial charge in [0.1, 0.15) is 5.82 Å². The first kappa shape index (κ1) is 15.9. The first-order valence-electron chi connectivity index (χ1n) is 7.76. The molecule has 3 rings (SSSR count). The fraction of sp³-hybridized carbons (Fsp3) is 0.438. The number of aromatic nitrogens is 2. The lowest BCUT2D eigenvalue weighted by Gasteiger charge is -2.34. The molecule has 122 valence electrons. The van der Waals surface area contributed by atoms with Crippen LogP contribution in [0.25, 0.3) is 11.0 Å². The van der Waals surface area contributed by atoms with Crippen molar-refractivity contribution < 1.29 is 14.0 Å². The van der Waals surface area contributed by atoms with Crippen molar-refractivity contribution in [2.45, 2.75) is 38.6 Å². The lowest BCUT2D eigenvalue weighted by molar-refractivity contribution is -0.124. The minimum atomic E-state index is -0.513. The number of imidazole rings is 1. The molecule has 0 saturated carbocycles. The number of aromatic amines is 2. The Morgan fingerprint density at radius 2 is 2.13 bits per heavy atom. The Kier molecular flexibility index (Phi) is 4.30. The quantitative estimate of drug-likeness (QED) is 0.845. The summed E-state index contributed by atoms with van der Waals surface area (Å²) >= 11 is 5.03. The van der Waals surface area contributed by atoms with Gasteiger partial charge in [-0.3, -0.25) is 9.59 Å². The van der Waals surface area contributed by atoms with Crippen molar-refractivity contribution in [3.05, 3.63) is 28.3 Å². The molecule has 0 spiro atoms. The van der Waals surface area contributed by atoms with E-state index in [1.807, 2.05) is 0 Å². The normalized spacial score (nSPS) is 18.3. The standard InChI is InChI=1S/C16H18FN3O2S/c1-2-13(21)12-5-3-4-6-20(12)15(22)10-7-9(17)8-11-14(10)19-16(23)18-11/h7-8,12H,2-6H2,1H3,(H2,18,19,23)/t12-/m1/s1. The molecule has 7 heteroatoms. The Labute approximate surface area is 137 Å². The predicted octanol–water partition coefficient (Wildman–Crippen LogP) is 3.34. The van der Waals surface area contributed by atoms with Crippen molar-refractivity contribution >= 4 is 34.9 Å². The summed E-state index contributed by atoms with van der Waals surface area (Å²) in [5.74, 6) is -0.791. The number of rotatable bonds is 3. The second kappa shape index (κ2) is 6.23. The third-order valence-corrected chi connectivity index (χ3v) is 4.51. The molecule has 0 unspecified atom stereocenters. The van der Waals surface area contributed by atoms with Gasteiger partial charge in [-0.25, -0.2) is 4.39 Å². The monoisotopic (exact) mass is 335 g/mol. The van der Waals surface area contributed by atoms with E-state index in [4.69, 9.17) is 12.2 Å². The van der Waals surface area contributed by atoms with Gasteiger partial charge in [-0.05, 0) is 43.6 Å². The van der Waals surface area contributed by atoms with E-state index in [-0.39, 0.29) is 17.3 Å². The molecule has 1 aliphatic rings. The van der Waals surface area contributed by atoms with Gasteiger partial charge in [0, 0.05) is 13.0 Å². The number of hydrogen-bond donors (Lipinski definition) is 2. The van der Waals surface area contributed by atoms with Crippen molar-refractivity contribution in [2.75, 3.05) is 6.54 Å². The SMILES string of the molecule is CCC(=O)[C@H]1CCCCN1C(=O)c1cc(F)cc2[nH]c(=S)[nH]c12. The van der Waals surface area contributed by atoms with Crippen molar-refractivity contribution in [2.24, 2.45) is 0 Å². The highest BCUT2D eigenvalue weighted by molar-refractivity contribution is 7.71. The summed E-state index contributed by atoms with van der Waals surface area (Å²) in [6, 6.07) is 2.08. The van der Waals surface area contributed by atoms with Crippen molar-refractivity contribution in [3.8, 4) is 0 Å². The summed E-state index contributed by atoms with van der Waals surface area (Å²) in [7, 11) is 0. The number of Topliss-reactive ketones (excluding diaryl/α,β-unsaturated/α-hetero) is 1. The molecule has 1 atom stereocenters. The number of amides is 1. The highest BCUT2D eigenvalue weighted by atomic mass is 32.1. The highest BCUT2D eigenvalue weighted by Gasteiger charge is 2.32. The van der Waals surface area contributed by atoms with Crippen LogP contribution in [0.15, 0.2) is 12.1 Å². The minimum absolute atomic E-state index is 0.0488. The smallest absolute Gasteiger partial charge is 0.256 e. The van der Waals surface area contributed by atoms with Crippen LogP contribution in [0.3, 0.4) is 0 Å². The lowest BCUT2D eigenvalue weighted by atomic mass is 9.96. The zero-order chi connectivity index (χ0) is 16.6. The summed E-state index contributed by atoms with van der Waals surface area (Å²) in [6.07, 6.45) is 2.83. The average molecular weight is 335 g/mol. The molecule has 2 N–H and O–H groups in total. The van der Waals surface area contributed by atoms with Crippen LogP contribution >= 0.6 is 12.2 Å². The summed E-state index contributed by atoms with van der Waals surface area (Å²) < 4.78 is 14.2. The van der Waals surface area contributed by atoms with Crippen LogP contribution in [0.2, 0.25) is 0 Å². The van der Waals surface area contributed by atoms with Crippen molar-refractivity contribution in [1.29, 1.82) is 0 Å². The molecule has 0 radical (unpaired) electrons. The fourth-order valence-corrected chi connectivity index (χ4v) is 3.39. The van der Waals surface area contributed by atoms with E-state index < -0.39 is 11.9 Å². The molecule has 2 aromatic rings. The summed E-state index contributed by atoms with van der Waals surface area (Å²) in [6.45, 7) is 2.31. The van der Waals surface area contributed by atoms with Gasteiger partial charge in [-0.15, -0.1) is 0 Å². The first-order valence-corrected chi connectivity index (χ1v) is 8.17. The highest BCUT2D eigenvalue weighted by Crippen LogP contribution is 2.25. The van der Waals surface area contributed by atoms with E-state index in [0.717, 1.165) is 12.8 Å². The van der Waals surface area contributed by atoms with E-state index in [1.165, 1.54) is 12.1 Å². The number of carbonyl (C=O) groups is 2. The van der Waals surface area contributed by atoms with Crippen molar-refractivity contribution in [1.82, 2.24) is 14.9 Å². The second-order valence-corrected chi connectivity index (χ2v) is 6.19. The van der Waals surface area contributed by atoms with Gasteiger partial charge in [0.25, 0.3) is 5.91 Å². The molecule has 1 saturated heterocycles. The number of H-pyrrole nitrogens is 2. The zero-order valence-corrected chi connectivity index (χ0v) is 13.6. The second-order valence-electron chi connectivity index (χ2n) is 5.79. The van der Waals surface area contributed by atoms with Crippen LogP contribution in [0.1, 0.15) is 43.0 Å². The number of carbonyl (C=O) groups excluding carboxylic acids is 2. The molecule has 0 aliphatic carbocycles. The van der Waals surface area contributed by atoms with Crippen LogP contribution in [0.5, 0.6) is 0 Å². The van der Waals surface area contributed by atoms with Crippen LogP contribution in [0, 0.1) is 10.6 Å². The maximum atomic E-state index is 13.9. The van der Waals surface area contributed by atoms with E-state index in [0.29, 0.717) is 35.2 Å². The van der Waals surface area contributed by atoms with Crippen LogP contribution in [-0.2, 0) is 4.79 Å². The molecular formula is C16H18FN3O2S. The minimum Gasteiger partial charge on any atom is -0.331 e. The topological polar surface area (TPSA) is 69.0 Å². The average Bonchev–Trinajstić information content (AvgIpc) is 2.92. The van der Waals surface area contributed by atoms with E-state index >= 15 is 0 Å². The van der Waals surface area contributed by atoms with Gasteiger partial charge in [0.05, 0.1) is 22.6 Å². The summed E-state index contributed by atoms with van der Waals surface area (Å²) in [5, 5.41) is 0. The predicted molar refractivity (Wildman–Crippen MR) is 87.4 cm³/mol. The molecule has 23 heavy (non-hydrogen) atoms. The van der Waals surface area contributed by atoms with Crippen LogP contribution in [-0.4, -0.2) is 39.1 Å². The Morgan fingerprint density at radius 3 is 2.87 bits per heavy atom. The van der Waals surface area contributed by atoms with Gasteiger partial charge in [-0.2, -0.15) is 0 Å². The van der Waals surface area contributed by atoms with Gasteiger partial charge in [0.2, 0.25) is 0 Å². The van der Waals surface area contributed by atoms with Gasteiger partial charge in [0.15, 0.2) is 10.6 Å². The van der Waals surface area contributed by atoms with Crippen molar-refractivity contribution in [3.63, 3.8) is 0 Å². The lowest BCUT2D eigenvalue weighted by Crippen LogP contribution is -2.47. The molecular weight excluding hydrogens is 317 g/mol. The largest absolute Gasteiger partial charge is 0.331 e. The van der Waals surface area contributed by atoms with Gasteiger partial charge < -0.3 is 14.9 Å². The number of hydrogen-bond acceptors (Lipinski definition) is 3. The number of halogens is 1. The molecule has 0 bridgehead atoms. The van der Waals surface area contributed by atoms with E-state index in [9.17, 15) is 14.0 Å². The maximum Gasteiger partial charge on any atom is 0.256 e. The Bertz CT molecular complexity index is 826. The number of benzene rings is 1. The number of ketones is 1. The van der Waals surface area contributed by atoms with E-state index in [1.54, 1.807) is 11.8 Å². The third kappa shape index (κ3) is 2.93. The van der Waals surface area contributed by atoms with Crippen LogP contribution in [0.4, 0.5) is 4.39 Å². The maximum absolute atomic E-state index is 13.9. The fourth-order valence-electron chi connectivity index (χ4n) is 3.18. The Hall–Kier alpha value is -2.02. The molecule has 1 aliphatic heterocycles. The summed E-state index contributed by atoms with van der Waals surface area (Å²) in [4.78, 5) is 32.4. The van der Waals surface area contributed by atoms with Gasteiger partial charge in [-0.1, -0.05) is 6.92 Å². The number of likely N-dealkylation sites (tertiary alicyclic amines) is 1. The molecule has 1 aromatic heterocycles. The molecule has 1 aromatic carbocycles. The first-order chi connectivity index (χ1) is 11.0. The molecule has 1 amide bonds. The number of nitrogens with one attached hydrogen (secondary N) is 2. The van der Waals surface area contributed by atoms with E-state index in [2.05, 4.69) is 9.97 Å². The number of fused-ring (bicyclic) bond motifs is 1. The molecule has 1 fully saturated rings. The Morgan fingerprint density at radius 1 is 1.35 bits per heavy atom. The molecule has 5 nitrogen and oxygen atoms in total. The number of nitrogens with zero attached hydrogens (tertiary/aromatic N) is 1. The summed E-state index contributed by atoms with van der Waals surface area (Å²) in [5.41, 5.74) is 1.14. The number of piperidine rings is 1. The van der Waals surface area contributed by atoms with Gasteiger partial charge >= 0.3 is 0 Å². The molecule has 2 heterocycles.